The van der Waals surface area contributed by atoms with Gasteiger partial charge in [0.05, 0.1) is 36.1 Å². The molecule has 0 aliphatic carbocycles. The van der Waals surface area contributed by atoms with Gasteiger partial charge in [0.25, 0.3) is 17.7 Å². The van der Waals surface area contributed by atoms with E-state index in [1.54, 1.807) is 56.6 Å². The van der Waals surface area contributed by atoms with Crippen LogP contribution in [0.4, 0.5) is 11.9 Å². The largest absolute Gasteiger partial charge is 0.494 e. The van der Waals surface area contributed by atoms with Crippen LogP contribution in [0, 0.1) is 13.8 Å². The Hall–Kier alpha value is -7.59. The zero-order chi connectivity index (χ0) is 44.8. The first-order chi connectivity index (χ1) is 29.7. The van der Waals surface area contributed by atoms with Crippen molar-refractivity contribution in [1.29, 1.82) is 0 Å². The smallest absolute Gasteiger partial charge is 0.276 e. The van der Waals surface area contributed by atoms with Crippen LogP contribution in [-0.4, -0.2) is 105 Å². The van der Waals surface area contributed by atoms with Crippen LogP contribution >= 0.6 is 0 Å². The van der Waals surface area contributed by atoms with Crippen LogP contribution in [0.1, 0.15) is 73.3 Å². The number of hydrogen-bond acceptors (Lipinski definition) is 13. The van der Waals surface area contributed by atoms with E-state index in [0.29, 0.717) is 52.4 Å². The minimum atomic E-state index is -0.750. The molecule has 0 fully saturated rings. The zero-order valence-electron chi connectivity index (χ0n) is 34.8. The molecule has 4 heterocycles. The normalized spacial score (nSPS) is 11.4. The highest BCUT2D eigenvalue weighted by molar-refractivity contribution is 6.05. The third-order valence-corrected chi connectivity index (χ3v) is 9.72. The van der Waals surface area contributed by atoms with Gasteiger partial charge in [0.15, 0.2) is 0 Å². The summed E-state index contributed by atoms with van der Waals surface area (Å²) in [5, 5.41) is 24.6. The number of nitrogens with zero attached hydrogens (tertiary/aromatic N) is 9. The van der Waals surface area contributed by atoms with Gasteiger partial charge in [-0.1, -0.05) is 12.2 Å². The Morgan fingerprint density at radius 3 is 1.66 bits per heavy atom. The number of aliphatic hydroxyl groups is 1. The summed E-state index contributed by atoms with van der Waals surface area (Å²) in [4.78, 5) is 73.2. The Kier molecular flexibility index (Phi) is 13.3. The zero-order valence-corrected chi connectivity index (χ0v) is 34.8. The molecule has 0 saturated heterocycles. The van der Waals surface area contributed by atoms with Crippen molar-refractivity contribution < 1.29 is 38.6 Å². The molecule has 0 atom stereocenters. The van der Waals surface area contributed by atoms with Crippen LogP contribution in [0.3, 0.4) is 0 Å². The van der Waals surface area contributed by atoms with Gasteiger partial charge in [-0.3, -0.25) is 49.0 Å². The van der Waals surface area contributed by atoms with Gasteiger partial charge in [-0.2, -0.15) is 10.2 Å². The third-order valence-electron chi connectivity index (χ3n) is 9.72. The SMILES string of the molecule is CCn1nc(C)cc1C(=O)Nc1nc2cc(C(N)=O)cc(OC)c2n1C/C=C/Cn1c(NC(=O)c2cc(C)nn2CC)nc2cc(C(N)=O)cc(OCCCN(N)C(=O)CO)c21. The standard InChI is InChI=1S/C40H48N14O8/c1-6-53-28(15-22(3)48-53)37(59)46-39-44-26-17-24(35(41)57)19-30(61-5)33(26)50(39)11-8-9-12-51-34-27(45-40(51)47-38(60)29-16-23(4)49-54(29)7-2)18-25(36(42)58)20-31(34)62-14-10-13-52(43)32(56)21-55/h8-9,15-20,55H,6-7,10-14,21,43H2,1-5H3,(H2,41,57)(H2,42,58)(H,44,46,59)(H,45,47,60)/b9-8+. The topological polar surface area (TPSA) is 301 Å². The number of amides is 5. The van der Waals surface area contributed by atoms with E-state index in [0.717, 1.165) is 5.01 Å². The maximum atomic E-state index is 13.8. The molecule has 0 radical (unpaired) electrons. The molecule has 62 heavy (non-hydrogen) atoms. The van der Waals surface area contributed by atoms with E-state index in [1.807, 2.05) is 13.8 Å². The van der Waals surface area contributed by atoms with Crippen LogP contribution in [0.2, 0.25) is 0 Å². The number of imidazole rings is 2. The van der Waals surface area contributed by atoms with Crippen molar-refractivity contribution in [3.05, 3.63) is 82.5 Å². The van der Waals surface area contributed by atoms with Crippen LogP contribution in [0.25, 0.3) is 22.1 Å². The second-order valence-corrected chi connectivity index (χ2v) is 14.0. The lowest BCUT2D eigenvalue weighted by molar-refractivity contribution is -0.134. The lowest BCUT2D eigenvalue weighted by Crippen LogP contribution is -2.40. The first-order valence-corrected chi connectivity index (χ1v) is 19.5. The van der Waals surface area contributed by atoms with E-state index in [4.69, 9.17) is 36.9 Å². The van der Waals surface area contributed by atoms with E-state index in [2.05, 4.69) is 25.8 Å². The molecule has 0 aliphatic rings. The second-order valence-electron chi connectivity index (χ2n) is 14.0. The van der Waals surface area contributed by atoms with Crippen molar-refractivity contribution in [3.63, 3.8) is 0 Å². The highest BCUT2D eigenvalue weighted by Gasteiger charge is 2.24. The van der Waals surface area contributed by atoms with E-state index in [-0.39, 0.29) is 72.7 Å². The van der Waals surface area contributed by atoms with Gasteiger partial charge in [0.1, 0.15) is 40.5 Å². The molecule has 2 aromatic carbocycles. The monoisotopic (exact) mass is 852 g/mol. The molecule has 22 heteroatoms. The molecule has 6 aromatic rings. The van der Waals surface area contributed by atoms with Crippen molar-refractivity contribution in [3.8, 4) is 11.5 Å². The summed E-state index contributed by atoms with van der Waals surface area (Å²) in [6.45, 7) is 7.70. The molecule has 6 rings (SSSR count). The number of ether oxygens (including phenoxy) is 2. The Morgan fingerprint density at radius 1 is 0.758 bits per heavy atom. The van der Waals surface area contributed by atoms with E-state index in [9.17, 15) is 24.0 Å². The molecule has 0 saturated carbocycles. The summed E-state index contributed by atoms with van der Waals surface area (Å²) in [6.07, 6.45) is 3.83. The van der Waals surface area contributed by atoms with Gasteiger partial charge in [0.2, 0.25) is 23.7 Å². The van der Waals surface area contributed by atoms with Crippen LogP contribution in [0.5, 0.6) is 11.5 Å². The van der Waals surface area contributed by atoms with Crippen molar-refractivity contribution in [2.24, 2.45) is 17.3 Å². The number of primary amides is 2. The quantitative estimate of drug-likeness (QED) is 0.0223. The molecule has 0 spiro atoms. The lowest BCUT2D eigenvalue weighted by atomic mass is 10.1. The van der Waals surface area contributed by atoms with Crippen molar-refractivity contribution in [2.75, 3.05) is 37.5 Å². The molecular formula is C40H48N14O8. The molecule has 4 aromatic heterocycles. The lowest BCUT2D eigenvalue weighted by Gasteiger charge is -2.16. The van der Waals surface area contributed by atoms with E-state index in [1.165, 1.54) is 31.4 Å². The average molecular weight is 853 g/mol. The number of methoxy groups -OCH3 is 1. The number of carbonyl (C=O) groups is 5. The van der Waals surface area contributed by atoms with Gasteiger partial charge >= 0.3 is 0 Å². The van der Waals surface area contributed by atoms with Crippen LogP contribution in [0.15, 0.2) is 48.6 Å². The number of aryl methyl sites for hydroxylation is 4. The minimum absolute atomic E-state index is 0.0293. The number of rotatable bonds is 19. The minimum Gasteiger partial charge on any atom is -0.494 e. The molecular weight excluding hydrogens is 805 g/mol. The van der Waals surface area contributed by atoms with Gasteiger partial charge in [0, 0.05) is 50.3 Å². The third kappa shape index (κ3) is 9.24. The number of aliphatic hydroxyl groups excluding tert-OH is 1. The molecule has 5 amide bonds. The first kappa shape index (κ1) is 44.0. The van der Waals surface area contributed by atoms with Crippen LogP contribution in [-0.2, 0) is 31.0 Å². The second kappa shape index (κ2) is 18.8. The van der Waals surface area contributed by atoms with Crippen molar-refractivity contribution in [2.45, 2.75) is 60.3 Å². The number of hydrogen-bond donors (Lipinski definition) is 6. The van der Waals surface area contributed by atoms with Gasteiger partial charge in [-0.25, -0.2) is 15.8 Å². The number of allylic oxidation sites excluding steroid dienone is 2. The van der Waals surface area contributed by atoms with E-state index < -0.39 is 36.1 Å². The number of carbonyl (C=O) groups excluding carboxylic acids is 5. The first-order valence-electron chi connectivity index (χ1n) is 19.5. The molecule has 0 unspecified atom stereocenters. The van der Waals surface area contributed by atoms with Crippen molar-refractivity contribution in [1.82, 2.24) is 43.7 Å². The fraction of sp³-hybridized carbons (Fsp3) is 0.325. The number of fused-ring (bicyclic) bond motifs is 2. The number of benzene rings is 2. The summed E-state index contributed by atoms with van der Waals surface area (Å²) in [5.41, 5.74) is 14.9. The Balaban J connectivity index is 1.40. The molecule has 9 N–H and O–H groups in total. The van der Waals surface area contributed by atoms with Crippen LogP contribution < -0.4 is 37.4 Å². The number of aromatic nitrogens is 8. The Labute approximate surface area is 354 Å². The Morgan fingerprint density at radius 2 is 1.23 bits per heavy atom. The maximum absolute atomic E-state index is 13.8. The predicted octanol–water partition coefficient (Wildman–Crippen LogP) is 1.87. The maximum Gasteiger partial charge on any atom is 0.276 e. The number of nitrogens with two attached hydrogens (primary N) is 3. The highest BCUT2D eigenvalue weighted by atomic mass is 16.5. The fourth-order valence-corrected chi connectivity index (χ4v) is 6.82. The summed E-state index contributed by atoms with van der Waals surface area (Å²) >= 11 is 0. The van der Waals surface area contributed by atoms with Gasteiger partial charge in [-0.05, 0) is 64.1 Å². The number of anilines is 2. The number of hydrazine groups is 1. The summed E-state index contributed by atoms with van der Waals surface area (Å²) in [7, 11) is 1.44. The average Bonchev–Trinajstić information content (AvgIpc) is 4.02. The summed E-state index contributed by atoms with van der Waals surface area (Å²) in [6, 6.07) is 9.25. The van der Waals surface area contributed by atoms with Gasteiger partial charge in [-0.15, -0.1) is 0 Å². The summed E-state index contributed by atoms with van der Waals surface area (Å²) < 4.78 is 18.3. The van der Waals surface area contributed by atoms with Crippen molar-refractivity contribution >= 4 is 63.5 Å². The highest BCUT2D eigenvalue weighted by Crippen LogP contribution is 2.33. The molecule has 0 bridgehead atoms. The molecule has 326 valence electrons. The number of nitrogens with one attached hydrogen (secondary N) is 2. The Bertz CT molecular complexity index is 2720. The molecule has 0 aliphatic heterocycles. The van der Waals surface area contributed by atoms with E-state index >= 15 is 0 Å². The fourth-order valence-electron chi connectivity index (χ4n) is 6.82. The summed E-state index contributed by atoms with van der Waals surface area (Å²) in [5.74, 6) is 3.40. The van der Waals surface area contributed by atoms with Gasteiger partial charge < -0.3 is 35.2 Å². The molecule has 22 nitrogen and oxygen atoms in total. The predicted molar refractivity (Wildman–Crippen MR) is 226 cm³/mol.